The molecule has 136 valence electrons. The minimum Gasteiger partial charge on any atom is -0.445 e. The SMILES string of the molecule is O=C(C1CC1)C(c1ccccc1F)N1CCC(S)/C(=C/c2ncco2)C1. The normalized spacial score (nSPS) is 23.9. The Kier molecular flexibility index (Phi) is 4.96. The molecule has 0 N–H and O–H groups in total. The standard InChI is InChI=1S/C20H21FN2O2S/c21-16-4-2-1-3-15(16)19(20(24)13-5-6-13)23-9-7-17(26)14(12-23)11-18-22-8-10-25-18/h1-4,8,10-11,13,17,19,26H,5-7,9,12H2/b14-11+. The lowest BCUT2D eigenvalue weighted by Crippen LogP contribution is -2.42. The molecule has 2 heterocycles. The molecule has 2 aliphatic rings. The Labute approximate surface area is 157 Å². The van der Waals surface area contributed by atoms with E-state index in [9.17, 15) is 9.18 Å². The Balaban J connectivity index is 1.65. The molecule has 1 aliphatic heterocycles. The molecule has 0 spiro atoms. The summed E-state index contributed by atoms with van der Waals surface area (Å²) in [6.45, 7) is 1.25. The number of oxazole rings is 1. The molecule has 0 amide bonds. The minimum atomic E-state index is -0.544. The molecule has 0 radical (unpaired) electrons. The van der Waals surface area contributed by atoms with Gasteiger partial charge in [-0.1, -0.05) is 18.2 Å². The number of carbonyl (C=O) groups excluding carboxylic acids is 1. The molecule has 2 unspecified atom stereocenters. The fourth-order valence-corrected chi connectivity index (χ4v) is 3.81. The van der Waals surface area contributed by atoms with Crippen molar-refractivity contribution in [1.82, 2.24) is 9.88 Å². The van der Waals surface area contributed by atoms with Crippen LogP contribution in [-0.4, -0.2) is 34.0 Å². The zero-order chi connectivity index (χ0) is 18.1. The number of aromatic nitrogens is 1. The van der Waals surface area contributed by atoms with Gasteiger partial charge in [-0.3, -0.25) is 9.69 Å². The average molecular weight is 372 g/mol. The Bertz CT molecular complexity index is 817. The molecule has 4 rings (SSSR count). The van der Waals surface area contributed by atoms with Gasteiger partial charge in [0.15, 0.2) is 5.78 Å². The van der Waals surface area contributed by atoms with Crippen molar-refractivity contribution >= 4 is 24.5 Å². The Hall–Kier alpha value is -1.92. The number of halogens is 1. The molecule has 1 aromatic heterocycles. The highest BCUT2D eigenvalue weighted by atomic mass is 32.1. The summed E-state index contributed by atoms with van der Waals surface area (Å²) < 4.78 is 19.8. The highest BCUT2D eigenvalue weighted by Gasteiger charge is 2.40. The quantitative estimate of drug-likeness (QED) is 0.808. The van der Waals surface area contributed by atoms with Crippen molar-refractivity contribution in [2.75, 3.05) is 13.1 Å². The fourth-order valence-electron chi connectivity index (χ4n) is 3.54. The first-order valence-corrected chi connectivity index (χ1v) is 9.45. The van der Waals surface area contributed by atoms with Crippen molar-refractivity contribution in [2.45, 2.75) is 30.6 Å². The van der Waals surface area contributed by atoms with Crippen LogP contribution in [0.4, 0.5) is 4.39 Å². The zero-order valence-electron chi connectivity index (χ0n) is 14.3. The Morgan fingerprint density at radius 1 is 1.35 bits per heavy atom. The van der Waals surface area contributed by atoms with Gasteiger partial charge < -0.3 is 4.42 Å². The maximum atomic E-state index is 14.5. The smallest absolute Gasteiger partial charge is 0.218 e. The third kappa shape index (κ3) is 3.62. The highest BCUT2D eigenvalue weighted by Crippen LogP contribution is 2.39. The van der Waals surface area contributed by atoms with Crippen LogP contribution in [0, 0.1) is 11.7 Å². The second-order valence-corrected chi connectivity index (χ2v) is 7.59. The molecule has 0 bridgehead atoms. The third-order valence-electron chi connectivity index (χ3n) is 5.08. The summed E-state index contributed by atoms with van der Waals surface area (Å²) in [5.74, 6) is 0.394. The number of likely N-dealkylation sites (tertiary alicyclic amines) is 1. The molecule has 6 heteroatoms. The van der Waals surface area contributed by atoms with Crippen molar-refractivity contribution in [3.05, 3.63) is 59.6 Å². The number of thiol groups is 1. The van der Waals surface area contributed by atoms with E-state index in [0.29, 0.717) is 24.5 Å². The van der Waals surface area contributed by atoms with Gasteiger partial charge in [0.25, 0.3) is 0 Å². The predicted octanol–water partition coefficient (Wildman–Crippen LogP) is 3.92. The van der Waals surface area contributed by atoms with Gasteiger partial charge in [0.2, 0.25) is 5.89 Å². The van der Waals surface area contributed by atoms with Gasteiger partial charge in [0, 0.05) is 35.9 Å². The molecular formula is C20H21FN2O2S. The van der Waals surface area contributed by atoms with Gasteiger partial charge in [0.1, 0.15) is 12.1 Å². The summed E-state index contributed by atoms with van der Waals surface area (Å²) in [5.41, 5.74) is 1.50. The maximum absolute atomic E-state index is 14.5. The number of hydrogen-bond donors (Lipinski definition) is 1. The van der Waals surface area contributed by atoms with E-state index in [1.807, 2.05) is 6.08 Å². The van der Waals surface area contributed by atoms with Crippen molar-refractivity contribution in [2.24, 2.45) is 5.92 Å². The lowest BCUT2D eigenvalue weighted by molar-refractivity contribution is -0.126. The van der Waals surface area contributed by atoms with Crippen LogP contribution in [0.2, 0.25) is 0 Å². The van der Waals surface area contributed by atoms with E-state index >= 15 is 0 Å². The lowest BCUT2D eigenvalue weighted by atomic mass is 9.93. The van der Waals surface area contributed by atoms with E-state index in [4.69, 9.17) is 4.42 Å². The zero-order valence-corrected chi connectivity index (χ0v) is 15.2. The Morgan fingerprint density at radius 3 is 2.85 bits per heavy atom. The predicted molar refractivity (Wildman–Crippen MR) is 100 cm³/mol. The number of ketones is 1. The topological polar surface area (TPSA) is 46.3 Å². The molecular weight excluding hydrogens is 351 g/mol. The van der Waals surface area contributed by atoms with Gasteiger partial charge in [-0.25, -0.2) is 9.37 Å². The van der Waals surface area contributed by atoms with Crippen molar-refractivity contribution in [1.29, 1.82) is 0 Å². The number of rotatable bonds is 5. The average Bonchev–Trinajstić information content (AvgIpc) is 3.37. The van der Waals surface area contributed by atoms with Crippen molar-refractivity contribution in [3.63, 3.8) is 0 Å². The number of carbonyl (C=O) groups is 1. The summed E-state index contributed by atoms with van der Waals surface area (Å²) in [7, 11) is 0. The molecule has 2 aromatic rings. The summed E-state index contributed by atoms with van der Waals surface area (Å²) in [6.07, 6.45) is 7.61. The molecule has 2 fully saturated rings. The number of piperidine rings is 1. The van der Waals surface area contributed by atoms with E-state index in [0.717, 1.165) is 24.8 Å². The molecule has 2 atom stereocenters. The van der Waals surface area contributed by atoms with E-state index in [-0.39, 0.29) is 22.8 Å². The summed E-state index contributed by atoms with van der Waals surface area (Å²) in [6, 6.07) is 6.06. The van der Waals surface area contributed by atoms with E-state index in [2.05, 4.69) is 22.5 Å². The van der Waals surface area contributed by atoms with Crippen LogP contribution < -0.4 is 0 Å². The minimum absolute atomic E-state index is 0.0625. The number of Topliss-reactive ketones (excluding diaryl/α,β-unsaturated/α-hetero) is 1. The number of benzene rings is 1. The second kappa shape index (κ2) is 7.37. The van der Waals surface area contributed by atoms with E-state index < -0.39 is 6.04 Å². The van der Waals surface area contributed by atoms with E-state index in [1.54, 1.807) is 24.4 Å². The van der Waals surface area contributed by atoms with Crippen molar-refractivity contribution < 1.29 is 13.6 Å². The van der Waals surface area contributed by atoms with Crippen LogP contribution in [0.15, 0.2) is 46.7 Å². The van der Waals surface area contributed by atoms with Crippen LogP contribution in [0.3, 0.4) is 0 Å². The van der Waals surface area contributed by atoms with Gasteiger partial charge >= 0.3 is 0 Å². The molecule has 1 saturated heterocycles. The first kappa shape index (κ1) is 17.5. The van der Waals surface area contributed by atoms with Crippen LogP contribution in [0.5, 0.6) is 0 Å². The van der Waals surface area contributed by atoms with Gasteiger partial charge in [-0.05, 0) is 30.9 Å². The summed E-state index contributed by atoms with van der Waals surface area (Å²) in [4.78, 5) is 19.2. The van der Waals surface area contributed by atoms with Gasteiger partial charge in [-0.2, -0.15) is 12.6 Å². The van der Waals surface area contributed by atoms with Gasteiger partial charge in [-0.15, -0.1) is 0 Å². The monoisotopic (exact) mass is 372 g/mol. The summed E-state index contributed by atoms with van der Waals surface area (Å²) >= 11 is 4.67. The molecule has 1 aliphatic carbocycles. The third-order valence-corrected chi connectivity index (χ3v) is 5.67. The van der Waals surface area contributed by atoms with Crippen molar-refractivity contribution in [3.8, 4) is 0 Å². The number of nitrogens with zero attached hydrogens (tertiary/aromatic N) is 2. The first-order chi connectivity index (χ1) is 12.6. The fraction of sp³-hybridized carbons (Fsp3) is 0.400. The van der Waals surface area contributed by atoms with Crippen LogP contribution in [0.25, 0.3) is 6.08 Å². The van der Waals surface area contributed by atoms with E-state index in [1.165, 1.54) is 12.3 Å². The maximum Gasteiger partial charge on any atom is 0.218 e. The molecule has 1 aromatic carbocycles. The molecule has 26 heavy (non-hydrogen) atoms. The van der Waals surface area contributed by atoms with Gasteiger partial charge in [0.05, 0.1) is 12.2 Å². The molecule has 1 saturated carbocycles. The first-order valence-electron chi connectivity index (χ1n) is 8.93. The van der Waals surface area contributed by atoms with Crippen LogP contribution in [-0.2, 0) is 4.79 Å². The Morgan fingerprint density at radius 2 is 2.15 bits per heavy atom. The van der Waals surface area contributed by atoms with Crippen LogP contribution in [0.1, 0.15) is 36.8 Å². The van der Waals surface area contributed by atoms with Crippen LogP contribution >= 0.6 is 12.6 Å². The summed E-state index contributed by atoms with van der Waals surface area (Å²) in [5, 5.41) is 0.0791. The lowest BCUT2D eigenvalue weighted by Gasteiger charge is -2.37. The molecule has 4 nitrogen and oxygen atoms in total. The highest BCUT2D eigenvalue weighted by molar-refractivity contribution is 7.81. The largest absolute Gasteiger partial charge is 0.445 e. The number of hydrogen-bond acceptors (Lipinski definition) is 5. The second-order valence-electron chi connectivity index (χ2n) is 6.97.